The van der Waals surface area contributed by atoms with Crippen molar-refractivity contribution in [1.29, 1.82) is 0 Å². The zero-order chi connectivity index (χ0) is 22.4. The number of nitrogens with one attached hydrogen (secondary N) is 2. The second kappa shape index (κ2) is 9.14. The summed E-state index contributed by atoms with van der Waals surface area (Å²) >= 11 is 0. The maximum atomic E-state index is 12.6. The Hall–Kier alpha value is -2.72. The third kappa shape index (κ3) is 4.02. The zero-order valence-electron chi connectivity index (χ0n) is 19.5. The Bertz CT molecular complexity index is 1180. The normalized spacial score (nSPS) is 20.0. The van der Waals surface area contributed by atoms with E-state index in [0.717, 1.165) is 55.7 Å². The van der Waals surface area contributed by atoms with E-state index in [0.29, 0.717) is 24.0 Å². The highest BCUT2D eigenvalue weighted by Crippen LogP contribution is 2.40. The van der Waals surface area contributed by atoms with Gasteiger partial charge in [-0.3, -0.25) is 4.79 Å². The van der Waals surface area contributed by atoms with Gasteiger partial charge < -0.3 is 25.0 Å². The first-order valence-corrected chi connectivity index (χ1v) is 12.0. The van der Waals surface area contributed by atoms with Gasteiger partial charge in [-0.25, -0.2) is 9.97 Å². The average Bonchev–Trinajstić information content (AvgIpc) is 3.24. The number of rotatable bonds is 3. The molecule has 5 heterocycles. The lowest BCUT2D eigenvalue weighted by Crippen LogP contribution is -2.52. The van der Waals surface area contributed by atoms with Crippen LogP contribution in [0.2, 0.25) is 0 Å². The molecule has 1 aliphatic carbocycles. The molecule has 2 aliphatic heterocycles. The van der Waals surface area contributed by atoms with Crippen LogP contribution < -0.4 is 15.5 Å². The summed E-state index contributed by atoms with van der Waals surface area (Å²) in [5.74, 6) is 1.18. The van der Waals surface area contributed by atoms with E-state index in [2.05, 4.69) is 48.1 Å². The summed E-state index contributed by atoms with van der Waals surface area (Å²) in [6.45, 7) is 4.83. The first-order valence-electron chi connectivity index (χ1n) is 12.0. The molecule has 1 saturated carbocycles. The monoisotopic (exact) mass is 526 g/mol. The van der Waals surface area contributed by atoms with Crippen molar-refractivity contribution < 1.29 is 4.79 Å². The summed E-state index contributed by atoms with van der Waals surface area (Å²) in [6.07, 6.45) is 9.44. The summed E-state index contributed by atoms with van der Waals surface area (Å²) in [6, 6.07) is 6.00. The number of pyridine rings is 1. The average molecular weight is 527 g/mol. The number of nitrogens with zero attached hydrogens (tertiary/aromatic N) is 6. The van der Waals surface area contributed by atoms with Crippen molar-refractivity contribution in [2.75, 3.05) is 50.0 Å². The van der Waals surface area contributed by atoms with Crippen molar-refractivity contribution in [1.82, 2.24) is 29.7 Å². The minimum atomic E-state index is -0.0860. The summed E-state index contributed by atoms with van der Waals surface area (Å²) in [5, 5.41) is 7.27. The molecule has 0 bridgehead atoms. The minimum absolute atomic E-state index is 0. The van der Waals surface area contributed by atoms with E-state index < -0.39 is 0 Å². The number of hydrogen-bond donors (Lipinski definition) is 2. The number of likely N-dealkylation sites (N-methyl/N-ethyl adjacent to an activating group) is 1. The molecule has 0 aromatic carbocycles. The summed E-state index contributed by atoms with van der Waals surface area (Å²) in [4.78, 5) is 31.3. The van der Waals surface area contributed by atoms with Crippen LogP contribution in [0.25, 0.3) is 11.0 Å². The Kier molecular flexibility index (Phi) is 6.20. The fourth-order valence-corrected chi connectivity index (χ4v) is 5.55. The second-order valence-electron chi connectivity index (χ2n) is 9.62. The number of hydrogen-bond acceptors (Lipinski definition) is 7. The van der Waals surface area contributed by atoms with Gasteiger partial charge in [0.25, 0.3) is 5.91 Å². The molecule has 0 radical (unpaired) electrons. The molecule has 2 N–H and O–H groups in total. The smallest absolute Gasteiger partial charge is 0.268 e. The Morgan fingerprint density at radius 2 is 1.82 bits per heavy atom. The van der Waals surface area contributed by atoms with Crippen LogP contribution in [-0.4, -0.2) is 70.1 Å². The summed E-state index contributed by atoms with van der Waals surface area (Å²) in [5.41, 5.74) is 2.57. The maximum absolute atomic E-state index is 12.6. The van der Waals surface area contributed by atoms with Crippen LogP contribution in [0.3, 0.4) is 0 Å². The van der Waals surface area contributed by atoms with Gasteiger partial charge >= 0.3 is 0 Å². The number of amides is 1. The molecule has 3 aromatic rings. The van der Waals surface area contributed by atoms with E-state index >= 15 is 0 Å². The van der Waals surface area contributed by atoms with Gasteiger partial charge in [0.15, 0.2) is 0 Å². The van der Waals surface area contributed by atoms with Crippen molar-refractivity contribution in [2.24, 2.45) is 0 Å². The SMILES string of the molecule is Br.CN1CCN(c2ccc(Nc3ncc4cc5n(c4n3)C3(CCCCC3)CNC5=O)nc2)CC1. The molecule has 34 heavy (non-hydrogen) atoms. The van der Waals surface area contributed by atoms with E-state index in [1.165, 1.54) is 19.3 Å². The predicted molar refractivity (Wildman–Crippen MR) is 138 cm³/mol. The third-order valence-corrected chi connectivity index (χ3v) is 7.47. The van der Waals surface area contributed by atoms with Crippen LogP contribution in [0.1, 0.15) is 42.6 Å². The van der Waals surface area contributed by atoms with Gasteiger partial charge in [-0.1, -0.05) is 19.3 Å². The number of carbonyl (C=O) groups excluding carboxylic acids is 1. The summed E-state index contributed by atoms with van der Waals surface area (Å²) in [7, 11) is 2.16. The molecule has 1 amide bonds. The number of fused-ring (bicyclic) bond motifs is 4. The van der Waals surface area contributed by atoms with Gasteiger partial charge in [0.05, 0.1) is 17.4 Å². The third-order valence-electron chi connectivity index (χ3n) is 7.47. The van der Waals surface area contributed by atoms with Gasteiger partial charge in [-0.2, -0.15) is 4.98 Å². The highest BCUT2D eigenvalue weighted by atomic mass is 79.9. The molecule has 3 aromatic heterocycles. The Balaban J connectivity index is 0.00000241. The molecule has 9 nitrogen and oxygen atoms in total. The van der Waals surface area contributed by atoms with Gasteiger partial charge in [-0.15, -0.1) is 17.0 Å². The molecule has 2 fully saturated rings. The number of carbonyl (C=O) groups is 1. The van der Waals surface area contributed by atoms with Crippen molar-refractivity contribution in [3.63, 3.8) is 0 Å². The molecule has 10 heteroatoms. The van der Waals surface area contributed by atoms with Crippen LogP contribution in [0, 0.1) is 0 Å². The second-order valence-corrected chi connectivity index (χ2v) is 9.62. The van der Waals surface area contributed by atoms with E-state index in [1.54, 1.807) is 6.20 Å². The van der Waals surface area contributed by atoms with Crippen LogP contribution >= 0.6 is 17.0 Å². The van der Waals surface area contributed by atoms with Crippen LogP contribution in [-0.2, 0) is 5.54 Å². The molecule has 6 rings (SSSR count). The Morgan fingerprint density at radius 1 is 1.03 bits per heavy atom. The Morgan fingerprint density at radius 3 is 2.56 bits per heavy atom. The van der Waals surface area contributed by atoms with Gasteiger partial charge in [0.2, 0.25) is 5.95 Å². The van der Waals surface area contributed by atoms with Crippen molar-refractivity contribution in [3.8, 4) is 0 Å². The molecule has 180 valence electrons. The van der Waals surface area contributed by atoms with Gasteiger partial charge in [-0.05, 0) is 38.1 Å². The first kappa shape index (κ1) is 23.0. The van der Waals surface area contributed by atoms with E-state index in [-0.39, 0.29) is 28.4 Å². The minimum Gasteiger partial charge on any atom is -0.368 e. The standard InChI is InChI=1S/C24H30N8O.BrH/c1-30-9-11-31(12-10-30)18-5-6-20(25-15-18)28-23-26-14-17-13-19-22(33)27-16-24(7-3-2-4-8-24)32(19)21(17)29-23;/h5-6,13-15H,2-4,7-12,16H2,1H3,(H,27,33)(H,25,26,28,29);1H. The molecule has 0 unspecified atom stereocenters. The Labute approximate surface area is 209 Å². The lowest BCUT2D eigenvalue weighted by atomic mass is 9.80. The molecule has 1 spiro atoms. The molecule has 3 aliphatic rings. The zero-order valence-corrected chi connectivity index (χ0v) is 21.2. The van der Waals surface area contributed by atoms with Gasteiger partial charge in [0, 0.05) is 44.3 Å². The molecule has 0 atom stereocenters. The lowest BCUT2D eigenvalue weighted by molar-refractivity contribution is 0.0833. The van der Waals surface area contributed by atoms with E-state index in [4.69, 9.17) is 4.98 Å². The van der Waals surface area contributed by atoms with Crippen LogP contribution in [0.4, 0.5) is 17.5 Å². The number of halogens is 1. The molecule has 1 saturated heterocycles. The molecular formula is C24H31BrN8O. The largest absolute Gasteiger partial charge is 0.368 e. The first-order chi connectivity index (χ1) is 16.1. The topological polar surface area (TPSA) is 91.2 Å². The quantitative estimate of drug-likeness (QED) is 0.540. The van der Waals surface area contributed by atoms with Crippen molar-refractivity contribution in [3.05, 3.63) is 36.3 Å². The molecular weight excluding hydrogens is 496 g/mol. The lowest BCUT2D eigenvalue weighted by Gasteiger charge is -2.42. The van der Waals surface area contributed by atoms with Gasteiger partial charge in [0.1, 0.15) is 17.2 Å². The highest BCUT2D eigenvalue weighted by molar-refractivity contribution is 8.93. The maximum Gasteiger partial charge on any atom is 0.268 e. The number of aromatic nitrogens is 4. The highest BCUT2D eigenvalue weighted by Gasteiger charge is 2.41. The fraction of sp³-hybridized carbons (Fsp3) is 0.500. The number of piperazine rings is 1. The van der Waals surface area contributed by atoms with Crippen molar-refractivity contribution in [2.45, 2.75) is 37.6 Å². The van der Waals surface area contributed by atoms with E-state index in [1.807, 2.05) is 18.3 Å². The van der Waals surface area contributed by atoms with Crippen molar-refractivity contribution >= 4 is 51.4 Å². The van der Waals surface area contributed by atoms with Crippen LogP contribution in [0.15, 0.2) is 30.6 Å². The fourth-order valence-electron chi connectivity index (χ4n) is 5.55. The predicted octanol–water partition coefficient (Wildman–Crippen LogP) is 3.30. The summed E-state index contributed by atoms with van der Waals surface area (Å²) < 4.78 is 2.19. The van der Waals surface area contributed by atoms with E-state index in [9.17, 15) is 4.79 Å². The van der Waals surface area contributed by atoms with Crippen LogP contribution in [0.5, 0.6) is 0 Å². The number of anilines is 3.